The van der Waals surface area contributed by atoms with Crippen LogP contribution < -0.4 is 4.74 Å². The Bertz CT molecular complexity index is 681. The Kier molecular flexibility index (Phi) is 6.20. The first-order valence-electron chi connectivity index (χ1n) is 8.95. The highest BCUT2D eigenvalue weighted by atomic mass is 16.5. The summed E-state index contributed by atoms with van der Waals surface area (Å²) in [4.78, 5) is 14.8. The average Bonchev–Trinajstić information content (AvgIpc) is 2.67. The number of carbonyl (C=O) groups excluding carboxylic acids is 1. The Hall–Kier alpha value is -2.17. The number of aliphatic hydroxyl groups excluding tert-OH is 1. The maximum absolute atomic E-state index is 12.5. The molecule has 1 aliphatic heterocycles. The second-order valence-corrected chi connectivity index (χ2v) is 6.55. The van der Waals surface area contributed by atoms with E-state index in [1.165, 1.54) is 19.3 Å². The van der Waals surface area contributed by atoms with Gasteiger partial charge in [-0.3, -0.25) is 4.79 Å². The van der Waals surface area contributed by atoms with E-state index in [2.05, 4.69) is 4.90 Å². The first kappa shape index (κ1) is 17.6. The number of aliphatic hydroxyl groups is 1. The van der Waals surface area contributed by atoms with E-state index < -0.39 is 6.10 Å². The predicted molar refractivity (Wildman–Crippen MR) is 98.1 cm³/mol. The Labute approximate surface area is 149 Å². The van der Waals surface area contributed by atoms with Crippen molar-refractivity contribution in [1.29, 1.82) is 0 Å². The molecule has 1 atom stereocenters. The van der Waals surface area contributed by atoms with Crippen molar-refractivity contribution in [3.63, 3.8) is 0 Å². The van der Waals surface area contributed by atoms with Gasteiger partial charge in [-0.2, -0.15) is 0 Å². The van der Waals surface area contributed by atoms with Gasteiger partial charge >= 0.3 is 0 Å². The summed E-state index contributed by atoms with van der Waals surface area (Å²) in [6.07, 6.45) is 3.17. The molecule has 1 fully saturated rings. The monoisotopic (exact) mass is 339 g/mol. The van der Waals surface area contributed by atoms with Crippen LogP contribution in [0.4, 0.5) is 0 Å². The molecule has 0 spiro atoms. The molecule has 4 heteroatoms. The third-order valence-electron chi connectivity index (χ3n) is 4.49. The number of nitrogens with zero attached hydrogens (tertiary/aromatic N) is 1. The molecule has 25 heavy (non-hydrogen) atoms. The smallest absolute Gasteiger partial charge is 0.193 e. The number of likely N-dealkylation sites (tertiary alicyclic amines) is 1. The fourth-order valence-electron chi connectivity index (χ4n) is 3.17. The number of β-amino-alcohol motifs (C(OH)–C–C–N with tert-alkyl or cyclic N) is 1. The van der Waals surface area contributed by atoms with Gasteiger partial charge in [0, 0.05) is 17.7 Å². The zero-order chi connectivity index (χ0) is 17.5. The van der Waals surface area contributed by atoms with Gasteiger partial charge in [0.1, 0.15) is 18.5 Å². The van der Waals surface area contributed by atoms with Crippen LogP contribution in [0.1, 0.15) is 35.2 Å². The molecule has 1 N–H and O–H groups in total. The molecule has 1 heterocycles. The van der Waals surface area contributed by atoms with Crippen molar-refractivity contribution < 1.29 is 14.6 Å². The Morgan fingerprint density at radius 3 is 2.48 bits per heavy atom. The van der Waals surface area contributed by atoms with E-state index in [-0.39, 0.29) is 12.4 Å². The van der Waals surface area contributed by atoms with E-state index in [0.717, 1.165) is 13.1 Å². The van der Waals surface area contributed by atoms with Crippen molar-refractivity contribution in [2.45, 2.75) is 25.4 Å². The summed E-state index contributed by atoms with van der Waals surface area (Å²) >= 11 is 0. The maximum Gasteiger partial charge on any atom is 0.193 e. The van der Waals surface area contributed by atoms with Crippen molar-refractivity contribution in [3.8, 4) is 5.75 Å². The molecule has 2 aromatic rings. The Morgan fingerprint density at radius 1 is 1.00 bits per heavy atom. The number of benzene rings is 2. The fourth-order valence-corrected chi connectivity index (χ4v) is 3.17. The lowest BCUT2D eigenvalue weighted by Crippen LogP contribution is -2.38. The topological polar surface area (TPSA) is 49.8 Å². The molecule has 0 aliphatic carbocycles. The first-order chi connectivity index (χ1) is 12.2. The van der Waals surface area contributed by atoms with E-state index in [1.807, 2.05) is 30.3 Å². The van der Waals surface area contributed by atoms with Gasteiger partial charge in [-0.1, -0.05) is 48.9 Å². The largest absolute Gasteiger partial charge is 0.491 e. The van der Waals surface area contributed by atoms with E-state index in [0.29, 0.717) is 23.4 Å². The third-order valence-corrected chi connectivity index (χ3v) is 4.49. The molecule has 1 aliphatic rings. The van der Waals surface area contributed by atoms with Crippen LogP contribution in [0.3, 0.4) is 0 Å². The van der Waals surface area contributed by atoms with Crippen molar-refractivity contribution in [2.24, 2.45) is 0 Å². The van der Waals surface area contributed by atoms with E-state index in [9.17, 15) is 9.90 Å². The number of hydrogen-bond acceptors (Lipinski definition) is 4. The summed E-state index contributed by atoms with van der Waals surface area (Å²) < 4.78 is 5.71. The summed E-state index contributed by atoms with van der Waals surface area (Å²) in [6, 6.07) is 16.3. The molecule has 0 bridgehead atoms. The highest BCUT2D eigenvalue weighted by Crippen LogP contribution is 2.17. The summed E-state index contributed by atoms with van der Waals surface area (Å²) in [7, 11) is 0. The highest BCUT2D eigenvalue weighted by Gasteiger charge is 2.15. The van der Waals surface area contributed by atoms with Crippen LogP contribution >= 0.6 is 0 Å². The molecular weight excluding hydrogens is 314 g/mol. The van der Waals surface area contributed by atoms with Crippen LogP contribution in [0.25, 0.3) is 0 Å². The molecule has 0 unspecified atom stereocenters. The van der Waals surface area contributed by atoms with E-state index >= 15 is 0 Å². The SMILES string of the molecule is O=C(c1ccccc1)c1cccc(OC[C@H](O)CN2CCCCC2)c1. The number of ether oxygens (including phenoxy) is 1. The Morgan fingerprint density at radius 2 is 1.72 bits per heavy atom. The van der Waals surface area contributed by atoms with Gasteiger partial charge in [0.2, 0.25) is 0 Å². The van der Waals surface area contributed by atoms with Crippen LogP contribution in [-0.4, -0.2) is 48.1 Å². The minimum absolute atomic E-state index is 0.0279. The van der Waals surface area contributed by atoms with Crippen molar-refractivity contribution in [3.05, 3.63) is 65.7 Å². The lowest BCUT2D eigenvalue weighted by Gasteiger charge is -2.28. The van der Waals surface area contributed by atoms with Crippen LogP contribution in [0, 0.1) is 0 Å². The molecule has 0 saturated carbocycles. The third kappa shape index (κ3) is 5.15. The van der Waals surface area contributed by atoms with Gasteiger partial charge in [-0.15, -0.1) is 0 Å². The first-order valence-corrected chi connectivity index (χ1v) is 8.95. The molecule has 1 saturated heterocycles. The van der Waals surface area contributed by atoms with Crippen LogP contribution in [-0.2, 0) is 0 Å². The standard InChI is InChI=1S/C21H25NO3/c23-19(15-22-12-5-2-6-13-22)16-25-20-11-7-10-18(14-20)21(24)17-8-3-1-4-9-17/h1,3-4,7-11,14,19,23H,2,5-6,12-13,15-16H2/t19-/m1/s1. The van der Waals surface area contributed by atoms with Crippen molar-refractivity contribution >= 4 is 5.78 Å². The van der Waals surface area contributed by atoms with Crippen molar-refractivity contribution in [2.75, 3.05) is 26.2 Å². The zero-order valence-corrected chi connectivity index (χ0v) is 14.4. The molecule has 0 aromatic heterocycles. The number of carbonyl (C=O) groups is 1. The second kappa shape index (κ2) is 8.79. The molecule has 2 aromatic carbocycles. The predicted octanol–water partition coefficient (Wildman–Crippen LogP) is 3.14. The number of ketones is 1. The van der Waals surface area contributed by atoms with Crippen LogP contribution in [0.2, 0.25) is 0 Å². The highest BCUT2D eigenvalue weighted by molar-refractivity contribution is 6.09. The van der Waals surface area contributed by atoms with Gasteiger partial charge in [-0.25, -0.2) is 0 Å². The lowest BCUT2D eigenvalue weighted by atomic mass is 10.0. The lowest BCUT2D eigenvalue weighted by molar-refractivity contribution is 0.0617. The summed E-state index contributed by atoms with van der Waals surface area (Å²) in [5, 5.41) is 10.2. The zero-order valence-electron chi connectivity index (χ0n) is 14.4. The minimum atomic E-state index is -0.522. The molecule has 0 amide bonds. The summed E-state index contributed by atoms with van der Waals surface area (Å²) in [5.41, 5.74) is 1.25. The molecule has 0 radical (unpaired) electrons. The quantitative estimate of drug-likeness (QED) is 0.788. The fraction of sp³-hybridized carbons (Fsp3) is 0.381. The summed E-state index contributed by atoms with van der Waals surface area (Å²) in [5.74, 6) is 0.583. The maximum atomic E-state index is 12.5. The molecule has 132 valence electrons. The number of hydrogen-bond donors (Lipinski definition) is 1. The van der Waals surface area contributed by atoms with Crippen LogP contribution in [0.15, 0.2) is 54.6 Å². The van der Waals surface area contributed by atoms with Crippen molar-refractivity contribution in [1.82, 2.24) is 4.90 Å². The van der Waals surface area contributed by atoms with Gasteiger partial charge in [0.05, 0.1) is 0 Å². The second-order valence-electron chi connectivity index (χ2n) is 6.55. The molecule has 4 nitrogen and oxygen atoms in total. The van der Waals surface area contributed by atoms with Gasteiger partial charge in [0.25, 0.3) is 0 Å². The molecular formula is C21H25NO3. The average molecular weight is 339 g/mol. The molecule has 3 rings (SSSR count). The van der Waals surface area contributed by atoms with Crippen LogP contribution in [0.5, 0.6) is 5.75 Å². The normalized spacial score (nSPS) is 16.4. The number of rotatable bonds is 7. The number of piperidine rings is 1. The minimum Gasteiger partial charge on any atom is -0.491 e. The van der Waals surface area contributed by atoms with E-state index in [4.69, 9.17) is 4.74 Å². The van der Waals surface area contributed by atoms with E-state index in [1.54, 1.807) is 24.3 Å². The van der Waals surface area contributed by atoms with Gasteiger partial charge in [-0.05, 0) is 38.1 Å². The van der Waals surface area contributed by atoms with Gasteiger partial charge in [0.15, 0.2) is 5.78 Å². The Balaban J connectivity index is 1.55. The van der Waals surface area contributed by atoms with Gasteiger partial charge < -0.3 is 14.7 Å². The summed E-state index contributed by atoms with van der Waals surface area (Å²) in [6.45, 7) is 2.98.